The summed E-state index contributed by atoms with van der Waals surface area (Å²) in [6, 6.07) is 4.65. The van der Waals surface area contributed by atoms with Gasteiger partial charge in [0.1, 0.15) is 10.7 Å². The van der Waals surface area contributed by atoms with E-state index in [1.54, 1.807) is 28.8 Å². The molecule has 6 nitrogen and oxygen atoms in total. The van der Waals surface area contributed by atoms with Crippen molar-refractivity contribution < 1.29 is 22.7 Å². The van der Waals surface area contributed by atoms with E-state index in [1.807, 2.05) is 0 Å². The van der Waals surface area contributed by atoms with E-state index in [9.17, 15) is 18.0 Å². The van der Waals surface area contributed by atoms with Crippen molar-refractivity contribution in [2.75, 3.05) is 7.11 Å². The van der Waals surface area contributed by atoms with Gasteiger partial charge in [-0.15, -0.1) is 0 Å². The maximum Gasteiger partial charge on any atom is 0.273 e. The molecule has 1 fully saturated rings. The first-order valence-electron chi connectivity index (χ1n) is 10.5. The van der Waals surface area contributed by atoms with E-state index in [-0.39, 0.29) is 35.1 Å². The van der Waals surface area contributed by atoms with E-state index < -0.39 is 17.5 Å². The Morgan fingerprint density at radius 3 is 2.61 bits per heavy atom. The fraction of sp³-hybridized carbons (Fsp3) is 0.348. The molecule has 1 saturated heterocycles. The van der Waals surface area contributed by atoms with Gasteiger partial charge in [-0.2, -0.15) is 5.10 Å². The number of halogens is 4. The zero-order valence-electron chi connectivity index (χ0n) is 17.9. The number of hydrogen-bond acceptors (Lipinski definition) is 4. The number of aryl methyl sites for hydroxylation is 1. The molecule has 2 aromatic heterocycles. The number of nitrogens with zero attached hydrogens (tertiary/aromatic N) is 4. The fourth-order valence-electron chi connectivity index (χ4n) is 5.02. The van der Waals surface area contributed by atoms with Gasteiger partial charge in [-0.05, 0) is 49.9 Å². The van der Waals surface area contributed by atoms with Crippen LogP contribution in [0, 0.1) is 17.5 Å². The van der Waals surface area contributed by atoms with E-state index in [2.05, 4.69) is 10.1 Å². The van der Waals surface area contributed by atoms with Crippen LogP contribution in [0.4, 0.5) is 13.2 Å². The van der Waals surface area contributed by atoms with Crippen LogP contribution in [-0.4, -0.2) is 38.7 Å². The number of carbonyl (C=O) groups is 1. The number of benzene rings is 1. The molecule has 10 heteroatoms. The highest BCUT2D eigenvalue weighted by Gasteiger charge is 2.44. The summed E-state index contributed by atoms with van der Waals surface area (Å²) in [7, 11) is 3.11. The molecule has 0 radical (unpaired) electrons. The molecule has 2 bridgehead atoms. The molecule has 1 amide bonds. The highest BCUT2D eigenvalue weighted by Crippen LogP contribution is 2.45. The normalized spacial score (nSPS) is 19.4. The van der Waals surface area contributed by atoms with Crippen molar-refractivity contribution in [2.45, 2.75) is 37.8 Å². The van der Waals surface area contributed by atoms with Gasteiger partial charge in [-0.1, -0.05) is 11.6 Å². The molecule has 2 atom stereocenters. The van der Waals surface area contributed by atoms with E-state index in [0.29, 0.717) is 29.3 Å². The Balaban J connectivity index is 1.57. The highest BCUT2D eigenvalue weighted by atomic mass is 35.5. The summed E-state index contributed by atoms with van der Waals surface area (Å²) in [6.45, 7) is 0. The lowest BCUT2D eigenvalue weighted by atomic mass is 9.81. The minimum atomic E-state index is -1.51. The average molecular weight is 477 g/mol. The summed E-state index contributed by atoms with van der Waals surface area (Å²) in [4.78, 5) is 19.5. The van der Waals surface area contributed by atoms with E-state index in [1.165, 1.54) is 7.11 Å². The number of piperidine rings is 1. The van der Waals surface area contributed by atoms with E-state index >= 15 is 0 Å². The number of hydrogen-bond donors (Lipinski definition) is 0. The number of carbonyl (C=O) groups excluding carboxylic acids is 1. The molecule has 0 N–H and O–H groups in total. The van der Waals surface area contributed by atoms with Gasteiger partial charge in [0.2, 0.25) is 5.88 Å². The minimum Gasteiger partial charge on any atom is -0.480 e. The molecular formula is C23H20ClF3N4O2. The van der Waals surface area contributed by atoms with Crippen LogP contribution in [-0.2, 0) is 13.5 Å². The minimum absolute atomic E-state index is 0.134. The summed E-state index contributed by atoms with van der Waals surface area (Å²) in [6.07, 6.45) is 2.85. The Hall–Kier alpha value is -3.07. The van der Waals surface area contributed by atoms with Crippen LogP contribution in [0.15, 0.2) is 24.3 Å². The molecule has 0 spiro atoms. The van der Waals surface area contributed by atoms with Crippen molar-refractivity contribution in [1.29, 1.82) is 0 Å². The lowest BCUT2D eigenvalue weighted by Crippen LogP contribution is -2.50. The molecule has 4 heterocycles. The van der Waals surface area contributed by atoms with Crippen molar-refractivity contribution in [3.05, 3.63) is 63.7 Å². The van der Waals surface area contributed by atoms with Gasteiger partial charge in [0, 0.05) is 24.2 Å². The number of pyridine rings is 1. The largest absolute Gasteiger partial charge is 0.480 e. The Morgan fingerprint density at radius 1 is 1.18 bits per heavy atom. The van der Waals surface area contributed by atoms with Crippen molar-refractivity contribution in [3.8, 4) is 17.1 Å². The first kappa shape index (κ1) is 21.8. The Kier molecular flexibility index (Phi) is 5.31. The smallest absolute Gasteiger partial charge is 0.273 e. The highest BCUT2D eigenvalue weighted by molar-refractivity contribution is 6.31. The number of rotatable bonds is 3. The molecule has 172 valence electrons. The second-order valence-corrected chi connectivity index (χ2v) is 8.70. The van der Waals surface area contributed by atoms with Crippen molar-refractivity contribution >= 4 is 17.5 Å². The van der Waals surface area contributed by atoms with Gasteiger partial charge < -0.3 is 9.64 Å². The Labute approximate surface area is 192 Å². The number of amides is 1. The summed E-state index contributed by atoms with van der Waals surface area (Å²) in [5, 5.41) is 4.93. The zero-order valence-corrected chi connectivity index (χ0v) is 18.7. The second kappa shape index (κ2) is 8.06. The first-order valence-corrected chi connectivity index (χ1v) is 10.9. The Morgan fingerprint density at radius 2 is 1.91 bits per heavy atom. The molecular weight excluding hydrogens is 457 g/mol. The quantitative estimate of drug-likeness (QED) is 0.507. The third kappa shape index (κ3) is 3.45. The van der Waals surface area contributed by atoms with Gasteiger partial charge in [0.05, 0.1) is 24.5 Å². The Bertz CT molecular complexity index is 1260. The van der Waals surface area contributed by atoms with Gasteiger partial charge >= 0.3 is 0 Å². The standard InChI is InChI=1S/C23H20ClF3N4O2/c1-30-21(11-8-15(25)19(27)16(26)9-11)13-10-12-4-3-5-18(20(13)29-30)31(12)23(32)17-7-6-14(24)22(28-17)33-2/h6-9,12,18H,3-5,10H2,1-2H3. The summed E-state index contributed by atoms with van der Waals surface area (Å²) in [5.41, 5.74) is 2.46. The first-order chi connectivity index (χ1) is 15.8. The summed E-state index contributed by atoms with van der Waals surface area (Å²) < 4.78 is 48.1. The lowest BCUT2D eigenvalue weighted by Gasteiger charge is -2.45. The summed E-state index contributed by atoms with van der Waals surface area (Å²) in [5.74, 6) is -4.09. The van der Waals surface area contributed by atoms with Crippen LogP contribution < -0.4 is 4.74 Å². The van der Waals surface area contributed by atoms with Gasteiger partial charge in [-0.25, -0.2) is 18.2 Å². The molecule has 0 saturated carbocycles. The number of ether oxygens (including phenoxy) is 1. The maximum atomic E-state index is 13.9. The zero-order chi connectivity index (χ0) is 23.4. The van der Waals surface area contributed by atoms with Crippen molar-refractivity contribution in [2.24, 2.45) is 7.05 Å². The molecule has 0 aliphatic carbocycles. The molecule has 3 aromatic rings. The molecule has 5 rings (SSSR count). The third-order valence-corrected chi connectivity index (χ3v) is 6.68. The van der Waals surface area contributed by atoms with Crippen molar-refractivity contribution in [3.63, 3.8) is 0 Å². The van der Waals surface area contributed by atoms with Gasteiger partial charge in [0.15, 0.2) is 17.5 Å². The summed E-state index contributed by atoms with van der Waals surface area (Å²) >= 11 is 6.06. The predicted octanol–water partition coefficient (Wildman–Crippen LogP) is 4.85. The second-order valence-electron chi connectivity index (χ2n) is 8.29. The van der Waals surface area contributed by atoms with Crippen LogP contribution in [0.5, 0.6) is 5.88 Å². The lowest BCUT2D eigenvalue weighted by molar-refractivity contribution is 0.0385. The van der Waals surface area contributed by atoms with E-state index in [0.717, 1.165) is 30.5 Å². The number of fused-ring (bicyclic) bond motifs is 4. The molecule has 2 aliphatic rings. The average Bonchev–Trinajstić information content (AvgIpc) is 3.12. The van der Waals surface area contributed by atoms with Gasteiger partial charge in [0.25, 0.3) is 5.91 Å². The molecule has 33 heavy (non-hydrogen) atoms. The number of aromatic nitrogens is 3. The monoisotopic (exact) mass is 476 g/mol. The van der Waals surface area contributed by atoms with Crippen LogP contribution in [0.3, 0.4) is 0 Å². The SMILES string of the molecule is COc1nc(C(=O)N2C3CCCC2c2nn(C)c(-c4cc(F)c(F)c(F)c4)c2C3)ccc1Cl. The van der Waals surface area contributed by atoms with Crippen LogP contribution >= 0.6 is 11.6 Å². The van der Waals surface area contributed by atoms with E-state index in [4.69, 9.17) is 16.3 Å². The maximum absolute atomic E-state index is 13.9. The van der Waals surface area contributed by atoms with Gasteiger partial charge in [-0.3, -0.25) is 9.48 Å². The predicted molar refractivity (Wildman–Crippen MR) is 115 cm³/mol. The number of methoxy groups -OCH3 is 1. The fourth-order valence-corrected chi connectivity index (χ4v) is 5.20. The van der Waals surface area contributed by atoms with Crippen LogP contribution in [0.2, 0.25) is 5.02 Å². The third-order valence-electron chi connectivity index (χ3n) is 6.39. The van der Waals surface area contributed by atoms with Crippen LogP contribution in [0.1, 0.15) is 47.1 Å². The molecule has 2 aliphatic heterocycles. The molecule has 2 unspecified atom stereocenters. The molecule has 1 aromatic carbocycles. The van der Waals surface area contributed by atoms with Crippen LogP contribution in [0.25, 0.3) is 11.3 Å². The van der Waals surface area contributed by atoms with Crippen molar-refractivity contribution in [1.82, 2.24) is 19.7 Å². The topological polar surface area (TPSA) is 60.2 Å².